The molecule has 128 valence electrons. The van der Waals surface area contributed by atoms with E-state index >= 15 is 0 Å². The molecule has 0 saturated carbocycles. The molecule has 0 aliphatic rings. The highest BCUT2D eigenvalue weighted by molar-refractivity contribution is 7.94. The average molecular weight is 373 g/mol. The monoisotopic (exact) mass is 373 g/mol. The van der Waals surface area contributed by atoms with Crippen LogP contribution in [0.5, 0.6) is 0 Å². The number of aromatic nitrogens is 1. The van der Waals surface area contributed by atoms with Crippen LogP contribution in [0.15, 0.2) is 70.5 Å². The third kappa shape index (κ3) is 4.23. The molecule has 0 bridgehead atoms. The van der Waals surface area contributed by atoms with E-state index < -0.39 is 10.0 Å². The summed E-state index contributed by atoms with van der Waals surface area (Å²) in [6.45, 7) is 0.304. The van der Waals surface area contributed by atoms with Crippen molar-refractivity contribution in [1.29, 1.82) is 0 Å². The van der Waals surface area contributed by atoms with Crippen LogP contribution in [-0.4, -0.2) is 19.3 Å². The number of anilines is 1. The van der Waals surface area contributed by atoms with Gasteiger partial charge in [0, 0.05) is 18.9 Å². The van der Waals surface area contributed by atoms with Crippen molar-refractivity contribution in [2.45, 2.75) is 10.8 Å². The number of amides is 1. The van der Waals surface area contributed by atoms with Gasteiger partial charge in [-0.3, -0.25) is 14.5 Å². The predicted octanol–water partition coefficient (Wildman–Crippen LogP) is 2.87. The van der Waals surface area contributed by atoms with Gasteiger partial charge in [-0.1, -0.05) is 24.3 Å². The highest BCUT2D eigenvalue weighted by Gasteiger charge is 2.19. The van der Waals surface area contributed by atoms with Gasteiger partial charge in [0.05, 0.1) is 11.3 Å². The van der Waals surface area contributed by atoms with E-state index in [0.717, 1.165) is 16.9 Å². The summed E-state index contributed by atoms with van der Waals surface area (Å²) in [4.78, 5) is 16.4. The van der Waals surface area contributed by atoms with Crippen molar-refractivity contribution in [3.8, 4) is 0 Å². The highest BCUT2D eigenvalue weighted by Crippen LogP contribution is 2.22. The summed E-state index contributed by atoms with van der Waals surface area (Å²) in [5.74, 6) is -0.367. The van der Waals surface area contributed by atoms with E-state index in [1.807, 2.05) is 6.07 Å². The average Bonchev–Trinajstić information content (AvgIpc) is 3.16. The minimum atomic E-state index is -3.71. The first-order valence-electron chi connectivity index (χ1n) is 7.39. The van der Waals surface area contributed by atoms with Crippen molar-refractivity contribution < 1.29 is 13.2 Å². The van der Waals surface area contributed by atoms with E-state index in [-0.39, 0.29) is 21.4 Å². The molecule has 6 nitrogen and oxygen atoms in total. The Labute approximate surface area is 149 Å². The Morgan fingerprint density at radius 2 is 1.92 bits per heavy atom. The second kappa shape index (κ2) is 7.45. The Morgan fingerprint density at radius 1 is 1.08 bits per heavy atom. The molecule has 25 heavy (non-hydrogen) atoms. The first-order valence-corrected chi connectivity index (χ1v) is 9.75. The third-order valence-electron chi connectivity index (χ3n) is 3.35. The number of hydrogen-bond acceptors (Lipinski definition) is 5. The molecule has 0 saturated heterocycles. The van der Waals surface area contributed by atoms with Crippen LogP contribution in [0.2, 0.25) is 0 Å². The van der Waals surface area contributed by atoms with Crippen LogP contribution in [0.25, 0.3) is 0 Å². The molecule has 3 aromatic rings. The lowest BCUT2D eigenvalue weighted by molar-refractivity contribution is 0.0952. The summed E-state index contributed by atoms with van der Waals surface area (Å²) < 4.78 is 27.4. The zero-order chi connectivity index (χ0) is 17.7. The SMILES string of the molecule is O=C(NCc1cccnc1)c1ccccc1NS(=O)(=O)c1cccs1. The molecular weight excluding hydrogens is 358 g/mol. The molecule has 1 aromatic carbocycles. The molecule has 0 spiro atoms. The summed E-state index contributed by atoms with van der Waals surface area (Å²) in [5, 5.41) is 4.45. The Morgan fingerprint density at radius 3 is 2.64 bits per heavy atom. The van der Waals surface area contributed by atoms with E-state index in [9.17, 15) is 13.2 Å². The molecule has 0 unspecified atom stereocenters. The van der Waals surface area contributed by atoms with E-state index in [1.54, 1.807) is 54.2 Å². The van der Waals surface area contributed by atoms with Gasteiger partial charge in [0.2, 0.25) is 0 Å². The quantitative estimate of drug-likeness (QED) is 0.695. The molecule has 8 heteroatoms. The Hall–Kier alpha value is -2.71. The summed E-state index contributed by atoms with van der Waals surface area (Å²) in [6.07, 6.45) is 3.31. The van der Waals surface area contributed by atoms with Gasteiger partial charge in [0.25, 0.3) is 15.9 Å². The highest BCUT2D eigenvalue weighted by atomic mass is 32.2. The van der Waals surface area contributed by atoms with Crippen LogP contribution >= 0.6 is 11.3 Å². The minimum absolute atomic E-state index is 0.193. The molecule has 0 fully saturated rings. The fourth-order valence-corrected chi connectivity index (χ4v) is 4.23. The summed E-state index contributed by atoms with van der Waals surface area (Å²) in [7, 11) is -3.71. The lowest BCUT2D eigenvalue weighted by atomic mass is 10.1. The van der Waals surface area contributed by atoms with Gasteiger partial charge in [-0.2, -0.15) is 0 Å². The number of pyridine rings is 1. The maximum absolute atomic E-state index is 12.4. The van der Waals surface area contributed by atoms with Gasteiger partial charge in [0.1, 0.15) is 4.21 Å². The van der Waals surface area contributed by atoms with Crippen LogP contribution in [-0.2, 0) is 16.6 Å². The topological polar surface area (TPSA) is 88.2 Å². The molecule has 0 aliphatic carbocycles. The maximum atomic E-state index is 12.4. The summed E-state index contributed by atoms with van der Waals surface area (Å²) in [6, 6.07) is 13.3. The molecule has 0 radical (unpaired) electrons. The number of thiophene rings is 1. The Balaban J connectivity index is 1.78. The number of hydrogen-bond donors (Lipinski definition) is 2. The van der Waals surface area contributed by atoms with Gasteiger partial charge >= 0.3 is 0 Å². The van der Waals surface area contributed by atoms with Crippen LogP contribution in [0.3, 0.4) is 0 Å². The molecule has 0 atom stereocenters. The molecular formula is C17H15N3O3S2. The zero-order valence-electron chi connectivity index (χ0n) is 13.0. The fraction of sp³-hybridized carbons (Fsp3) is 0.0588. The van der Waals surface area contributed by atoms with Crippen molar-refractivity contribution in [3.05, 3.63) is 77.4 Å². The first-order chi connectivity index (χ1) is 12.1. The van der Waals surface area contributed by atoms with Gasteiger partial charge < -0.3 is 5.32 Å². The number of nitrogens with zero attached hydrogens (tertiary/aromatic N) is 1. The number of sulfonamides is 1. The van der Waals surface area contributed by atoms with Crippen molar-refractivity contribution in [2.75, 3.05) is 4.72 Å². The van der Waals surface area contributed by atoms with Gasteiger partial charge in [0.15, 0.2) is 0 Å². The van der Waals surface area contributed by atoms with Crippen molar-refractivity contribution in [3.63, 3.8) is 0 Å². The maximum Gasteiger partial charge on any atom is 0.271 e. The molecule has 2 aromatic heterocycles. The smallest absolute Gasteiger partial charge is 0.271 e. The number of carbonyl (C=O) groups excluding carboxylic acids is 1. The number of nitrogens with one attached hydrogen (secondary N) is 2. The van der Waals surface area contributed by atoms with Gasteiger partial charge in [-0.15, -0.1) is 11.3 Å². The van der Waals surface area contributed by atoms with Crippen LogP contribution < -0.4 is 10.0 Å². The predicted molar refractivity (Wildman–Crippen MR) is 97.0 cm³/mol. The van der Waals surface area contributed by atoms with Gasteiger partial charge in [-0.25, -0.2) is 8.42 Å². The van der Waals surface area contributed by atoms with Crippen molar-refractivity contribution >= 4 is 33.0 Å². The largest absolute Gasteiger partial charge is 0.348 e. The first kappa shape index (κ1) is 17.1. The number of benzene rings is 1. The lowest BCUT2D eigenvalue weighted by Crippen LogP contribution is -2.24. The number of para-hydroxylation sites is 1. The summed E-state index contributed by atoms with van der Waals surface area (Å²) in [5.41, 5.74) is 1.35. The molecule has 0 aliphatic heterocycles. The van der Waals surface area contributed by atoms with E-state index in [4.69, 9.17) is 0 Å². The molecule has 2 heterocycles. The van der Waals surface area contributed by atoms with Crippen molar-refractivity contribution in [1.82, 2.24) is 10.3 Å². The van der Waals surface area contributed by atoms with Crippen LogP contribution in [0.1, 0.15) is 15.9 Å². The minimum Gasteiger partial charge on any atom is -0.348 e. The number of rotatable bonds is 6. The van der Waals surface area contributed by atoms with Gasteiger partial charge in [-0.05, 0) is 35.2 Å². The van der Waals surface area contributed by atoms with E-state index in [0.29, 0.717) is 6.54 Å². The fourth-order valence-electron chi connectivity index (χ4n) is 2.16. The zero-order valence-corrected chi connectivity index (χ0v) is 14.7. The standard InChI is InChI=1S/C17H15N3O3S2/c21-17(19-12-13-5-3-9-18-11-13)14-6-1-2-7-15(14)20-25(22,23)16-8-4-10-24-16/h1-11,20H,12H2,(H,19,21). The molecule has 2 N–H and O–H groups in total. The van der Waals surface area contributed by atoms with E-state index in [1.165, 1.54) is 6.07 Å². The normalized spacial score (nSPS) is 11.0. The second-order valence-corrected chi connectivity index (χ2v) is 7.98. The van der Waals surface area contributed by atoms with Crippen molar-refractivity contribution in [2.24, 2.45) is 0 Å². The Kier molecular flexibility index (Phi) is 5.11. The third-order valence-corrected chi connectivity index (χ3v) is 6.11. The number of carbonyl (C=O) groups is 1. The van der Waals surface area contributed by atoms with Crippen LogP contribution in [0, 0.1) is 0 Å². The second-order valence-electron chi connectivity index (χ2n) is 5.13. The lowest BCUT2D eigenvalue weighted by Gasteiger charge is -2.12. The molecule has 1 amide bonds. The van der Waals surface area contributed by atoms with Crippen LogP contribution in [0.4, 0.5) is 5.69 Å². The summed E-state index contributed by atoms with van der Waals surface area (Å²) >= 11 is 1.11. The Bertz CT molecular complexity index is 956. The molecule has 3 rings (SSSR count). The van der Waals surface area contributed by atoms with E-state index in [2.05, 4.69) is 15.0 Å².